The van der Waals surface area contributed by atoms with Crippen LogP contribution < -0.4 is 5.32 Å². The molecule has 1 aliphatic heterocycles. The summed E-state index contributed by atoms with van der Waals surface area (Å²) in [6.07, 6.45) is 3.20. The molecule has 1 aromatic heterocycles. The molecule has 0 aromatic carbocycles. The van der Waals surface area contributed by atoms with Crippen molar-refractivity contribution in [3.05, 3.63) is 5.82 Å². The molecule has 1 fully saturated rings. The van der Waals surface area contributed by atoms with Gasteiger partial charge in [-0.1, -0.05) is 5.16 Å². The summed E-state index contributed by atoms with van der Waals surface area (Å²) in [4.78, 5) is 4.22. The molecule has 0 radical (unpaired) electrons. The molecule has 0 aliphatic carbocycles. The average Bonchev–Trinajstić information content (AvgIpc) is 2.91. The van der Waals surface area contributed by atoms with Crippen molar-refractivity contribution < 1.29 is 14.0 Å². The number of methoxy groups -OCH3 is 1. The van der Waals surface area contributed by atoms with Crippen LogP contribution in [0.3, 0.4) is 0 Å². The van der Waals surface area contributed by atoms with Gasteiger partial charge in [0.1, 0.15) is 0 Å². The highest BCUT2D eigenvalue weighted by molar-refractivity contribution is 5.17. The maximum atomic E-state index is 5.50. The minimum Gasteiger partial charge on any atom is -0.383 e. The zero-order valence-corrected chi connectivity index (χ0v) is 9.44. The van der Waals surface area contributed by atoms with Crippen molar-refractivity contribution >= 4 is 6.01 Å². The summed E-state index contributed by atoms with van der Waals surface area (Å²) in [5.41, 5.74) is 0. The van der Waals surface area contributed by atoms with E-state index in [1.807, 2.05) is 0 Å². The highest BCUT2D eigenvalue weighted by Crippen LogP contribution is 2.16. The summed E-state index contributed by atoms with van der Waals surface area (Å²) < 4.78 is 15.4. The first-order chi connectivity index (χ1) is 7.88. The van der Waals surface area contributed by atoms with E-state index in [4.69, 9.17) is 14.0 Å². The molecule has 1 unspecified atom stereocenters. The Bertz CT molecular complexity index is 310. The Hall–Kier alpha value is -1.14. The van der Waals surface area contributed by atoms with Crippen LogP contribution in [0.1, 0.15) is 18.7 Å². The molecule has 0 bridgehead atoms. The first-order valence-electron chi connectivity index (χ1n) is 5.55. The van der Waals surface area contributed by atoms with Crippen molar-refractivity contribution in [3.8, 4) is 0 Å². The van der Waals surface area contributed by atoms with Crippen molar-refractivity contribution in [1.29, 1.82) is 0 Å². The molecule has 1 N–H and O–H groups in total. The van der Waals surface area contributed by atoms with Crippen LogP contribution in [0.5, 0.6) is 0 Å². The van der Waals surface area contributed by atoms with Crippen LogP contribution in [0, 0.1) is 0 Å². The molecule has 0 saturated carbocycles. The second-order valence-corrected chi connectivity index (χ2v) is 3.77. The van der Waals surface area contributed by atoms with Crippen LogP contribution in [-0.2, 0) is 15.9 Å². The third-order valence-electron chi connectivity index (χ3n) is 2.48. The molecule has 2 rings (SSSR count). The third kappa shape index (κ3) is 3.18. The highest BCUT2D eigenvalue weighted by atomic mass is 16.5. The molecule has 0 spiro atoms. The normalized spacial score (nSPS) is 20.2. The molecule has 0 amide bonds. The van der Waals surface area contributed by atoms with E-state index in [2.05, 4.69) is 15.5 Å². The molecule has 90 valence electrons. The molecule has 1 atom stereocenters. The number of aromatic nitrogens is 2. The van der Waals surface area contributed by atoms with E-state index < -0.39 is 0 Å². The quantitative estimate of drug-likeness (QED) is 0.726. The standard InChI is InChI=1S/C10H17N3O3/c1-14-6-4-11-10-12-9(13-16-10)7-8-3-2-5-15-8/h8H,2-7H2,1H3,(H,11,12,13). The zero-order valence-electron chi connectivity index (χ0n) is 9.44. The van der Waals surface area contributed by atoms with Gasteiger partial charge < -0.3 is 19.3 Å². The monoisotopic (exact) mass is 227 g/mol. The lowest BCUT2D eigenvalue weighted by atomic mass is 10.2. The summed E-state index contributed by atoms with van der Waals surface area (Å²) in [6.45, 7) is 2.13. The molecule has 16 heavy (non-hydrogen) atoms. The minimum absolute atomic E-state index is 0.254. The van der Waals surface area contributed by atoms with E-state index in [9.17, 15) is 0 Å². The Kier molecular flexibility index (Phi) is 4.12. The van der Waals surface area contributed by atoms with Crippen LogP contribution in [0.2, 0.25) is 0 Å². The Morgan fingerprint density at radius 1 is 1.56 bits per heavy atom. The number of ether oxygens (including phenoxy) is 2. The Labute approximate surface area is 94.3 Å². The topological polar surface area (TPSA) is 69.4 Å². The van der Waals surface area contributed by atoms with Gasteiger partial charge >= 0.3 is 6.01 Å². The summed E-state index contributed by atoms with van der Waals surface area (Å²) in [7, 11) is 1.65. The van der Waals surface area contributed by atoms with Crippen molar-refractivity contribution in [1.82, 2.24) is 10.1 Å². The summed E-state index contributed by atoms with van der Waals surface area (Å²) in [5.74, 6) is 0.701. The zero-order chi connectivity index (χ0) is 11.2. The molecule has 6 nitrogen and oxygen atoms in total. The predicted octanol–water partition coefficient (Wildman–Crippen LogP) is 0.849. The van der Waals surface area contributed by atoms with Gasteiger partial charge in [-0.15, -0.1) is 0 Å². The SMILES string of the molecule is COCCNc1nc(CC2CCCO2)no1. The van der Waals surface area contributed by atoms with E-state index in [1.54, 1.807) is 7.11 Å². The Morgan fingerprint density at radius 2 is 2.50 bits per heavy atom. The summed E-state index contributed by atoms with van der Waals surface area (Å²) >= 11 is 0. The first-order valence-corrected chi connectivity index (χ1v) is 5.55. The maximum Gasteiger partial charge on any atom is 0.321 e. The van der Waals surface area contributed by atoms with Gasteiger partial charge in [-0.05, 0) is 12.8 Å². The molecule has 1 aliphatic rings. The van der Waals surface area contributed by atoms with E-state index in [-0.39, 0.29) is 6.10 Å². The fraction of sp³-hybridized carbons (Fsp3) is 0.800. The van der Waals surface area contributed by atoms with Crippen LogP contribution in [-0.4, -0.2) is 43.1 Å². The molecular formula is C10H17N3O3. The van der Waals surface area contributed by atoms with Gasteiger partial charge in [0.25, 0.3) is 0 Å². The molecule has 1 aromatic rings. The molecule has 2 heterocycles. The lowest BCUT2D eigenvalue weighted by Crippen LogP contribution is -2.10. The van der Waals surface area contributed by atoms with Gasteiger partial charge in [-0.3, -0.25) is 0 Å². The summed E-state index contributed by atoms with van der Waals surface area (Å²) in [5, 5.41) is 6.87. The first kappa shape index (κ1) is 11.3. The van der Waals surface area contributed by atoms with E-state index in [0.29, 0.717) is 25.0 Å². The Morgan fingerprint density at radius 3 is 3.25 bits per heavy atom. The smallest absolute Gasteiger partial charge is 0.321 e. The largest absolute Gasteiger partial charge is 0.383 e. The van der Waals surface area contributed by atoms with Gasteiger partial charge in [0, 0.05) is 26.7 Å². The number of hydrogen-bond acceptors (Lipinski definition) is 6. The van der Waals surface area contributed by atoms with Crippen molar-refractivity contribution in [2.75, 3.05) is 32.2 Å². The van der Waals surface area contributed by atoms with Gasteiger partial charge in [0.05, 0.1) is 12.7 Å². The highest BCUT2D eigenvalue weighted by Gasteiger charge is 2.18. The number of nitrogens with zero attached hydrogens (tertiary/aromatic N) is 2. The fourth-order valence-electron chi connectivity index (χ4n) is 1.68. The van der Waals surface area contributed by atoms with E-state index in [0.717, 1.165) is 25.9 Å². The molecule has 6 heteroatoms. The van der Waals surface area contributed by atoms with Crippen LogP contribution in [0.15, 0.2) is 4.52 Å². The third-order valence-corrected chi connectivity index (χ3v) is 2.48. The van der Waals surface area contributed by atoms with Crippen molar-refractivity contribution in [2.45, 2.75) is 25.4 Å². The van der Waals surface area contributed by atoms with Gasteiger partial charge in [-0.25, -0.2) is 0 Å². The number of anilines is 1. The van der Waals surface area contributed by atoms with Gasteiger partial charge in [0.2, 0.25) is 0 Å². The molecule has 1 saturated heterocycles. The van der Waals surface area contributed by atoms with Gasteiger partial charge in [-0.2, -0.15) is 4.98 Å². The number of nitrogens with one attached hydrogen (secondary N) is 1. The van der Waals surface area contributed by atoms with Crippen molar-refractivity contribution in [2.24, 2.45) is 0 Å². The maximum absolute atomic E-state index is 5.50. The second kappa shape index (κ2) is 5.81. The minimum atomic E-state index is 0.254. The lowest BCUT2D eigenvalue weighted by Gasteiger charge is -2.03. The van der Waals surface area contributed by atoms with E-state index >= 15 is 0 Å². The van der Waals surface area contributed by atoms with Crippen LogP contribution in [0.25, 0.3) is 0 Å². The number of rotatable bonds is 6. The predicted molar refractivity (Wildman–Crippen MR) is 57.3 cm³/mol. The molecular weight excluding hydrogens is 210 g/mol. The fourth-order valence-corrected chi connectivity index (χ4v) is 1.68. The van der Waals surface area contributed by atoms with E-state index in [1.165, 1.54) is 0 Å². The lowest BCUT2D eigenvalue weighted by molar-refractivity contribution is 0.109. The van der Waals surface area contributed by atoms with Gasteiger partial charge in [0.15, 0.2) is 5.82 Å². The second-order valence-electron chi connectivity index (χ2n) is 3.77. The summed E-state index contributed by atoms with van der Waals surface area (Å²) in [6, 6.07) is 0.449. The number of hydrogen-bond donors (Lipinski definition) is 1. The van der Waals surface area contributed by atoms with Crippen LogP contribution in [0.4, 0.5) is 6.01 Å². The van der Waals surface area contributed by atoms with Crippen LogP contribution >= 0.6 is 0 Å². The van der Waals surface area contributed by atoms with Crippen molar-refractivity contribution in [3.63, 3.8) is 0 Å². The Balaban J connectivity index is 1.77. The average molecular weight is 227 g/mol.